The molecule has 1 aromatic heterocycles. The molecule has 0 aliphatic rings. The predicted molar refractivity (Wildman–Crippen MR) is 62.6 cm³/mol. The van der Waals surface area contributed by atoms with Gasteiger partial charge in [0.1, 0.15) is 6.04 Å². The first-order valence-electron chi connectivity index (χ1n) is 5.50. The van der Waals surface area contributed by atoms with E-state index in [-0.39, 0.29) is 11.8 Å². The molecule has 1 heterocycles. The van der Waals surface area contributed by atoms with Crippen molar-refractivity contribution in [3.63, 3.8) is 0 Å². The molecule has 0 unspecified atom stereocenters. The van der Waals surface area contributed by atoms with Gasteiger partial charge in [0.05, 0.1) is 0 Å². The van der Waals surface area contributed by atoms with Crippen LogP contribution in [-0.2, 0) is 4.79 Å². The summed E-state index contributed by atoms with van der Waals surface area (Å²) in [5.41, 5.74) is 0.412. The fourth-order valence-corrected chi connectivity index (χ4v) is 1.41. The molecule has 0 fully saturated rings. The van der Waals surface area contributed by atoms with Crippen LogP contribution in [-0.4, -0.2) is 28.0 Å². The average Bonchev–Trinajstić information content (AvgIpc) is 2.35. The number of aliphatic carboxylic acids is 1. The van der Waals surface area contributed by atoms with Gasteiger partial charge >= 0.3 is 5.97 Å². The molecule has 2 N–H and O–H groups in total. The van der Waals surface area contributed by atoms with E-state index < -0.39 is 12.0 Å². The Hall–Kier alpha value is -1.91. The summed E-state index contributed by atoms with van der Waals surface area (Å²) in [6, 6.07) is 2.23. The van der Waals surface area contributed by atoms with Crippen LogP contribution in [0.1, 0.15) is 30.6 Å². The monoisotopic (exact) mass is 236 g/mol. The summed E-state index contributed by atoms with van der Waals surface area (Å²) >= 11 is 0. The van der Waals surface area contributed by atoms with Crippen LogP contribution in [0.25, 0.3) is 0 Å². The Labute approximate surface area is 99.9 Å². The van der Waals surface area contributed by atoms with Crippen molar-refractivity contribution in [1.29, 1.82) is 0 Å². The minimum Gasteiger partial charge on any atom is -0.480 e. The SMILES string of the molecule is CC[C@@H](C)[C@@H](NC(=O)c1ccncc1)C(=O)O. The molecule has 1 amide bonds. The first-order chi connectivity index (χ1) is 8.06. The lowest BCUT2D eigenvalue weighted by Gasteiger charge is -2.20. The maximum Gasteiger partial charge on any atom is 0.326 e. The van der Waals surface area contributed by atoms with Crippen molar-refractivity contribution in [2.45, 2.75) is 26.3 Å². The van der Waals surface area contributed by atoms with E-state index >= 15 is 0 Å². The number of aromatic nitrogens is 1. The fourth-order valence-electron chi connectivity index (χ4n) is 1.41. The Bertz CT molecular complexity index is 392. The number of carbonyl (C=O) groups is 2. The highest BCUT2D eigenvalue weighted by Crippen LogP contribution is 2.09. The predicted octanol–water partition coefficient (Wildman–Crippen LogP) is 1.31. The molecule has 0 saturated carbocycles. The van der Waals surface area contributed by atoms with Crippen LogP contribution >= 0.6 is 0 Å². The Morgan fingerprint density at radius 1 is 1.41 bits per heavy atom. The van der Waals surface area contributed by atoms with Crippen molar-refractivity contribution in [3.05, 3.63) is 30.1 Å². The highest BCUT2D eigenvalue weighted by molar-refractivity contribution is 5.96. The van der Waals surface area contributed by atoms with Gasteiger partial charge in [-0.05, 0) is 18.1 Å². The van der Waals surface area contributed by atoms with E-state index in [1.807, 2.05) is 6.92 Å². The first kappa shape index (κ1) is 13.2. The minimum atomic E-state index is -1.01. The van der Waals surface area contributed by atoms with Gasteiger partial charge in [-0.2, -0.15) is 0 Å². The third kappa shape index (κ3) is 3.55. The standard InChI is InChI=1S/C12H16N2O3/c1-3-8(2)10(12(16)17)14-11(15)9-4-6-13-7-5-9/h4-8,10H,3H2,1-2H3,(H,14,15)(H,16,17)/t8-,10-/m1/s1. The summed E-state index contributed by atoms with van der Waals surface area (Å²) in [7, 11) is 0. The maximum absolute atomic E-state index is 11.8. The molecule has 0 aliphatic carbocycles. The van der Waals surface area contributed by atoms with Crippen LogP contribution in [0, 0.1) is 5.92 Å². The lowest BCUT2D eigenvalue weighted by Crippen LogP contribution is -2.45. The summed E-state index contributed by atoms with van der Waals surface area (Å²) in [5.74, 6) is -1.51. The number of carbonyl (C=O) groups excluding carboxylic acids is 1. The summed E-state index contributed by atoms with van der Waals surface area (Å²) in [6.45, 7) is 3.69. The summed E-state index contributed by atoms with van der Waals surface area (Å²) in [4.78, 5) is 26.6. The maximum atomic E-state index is 11.8. The highest BCUT2D eigenvalue weighted by atomic mass is 16.4. The molecule has 0 radical (unpaired) electrons. The van der Waals surface area contributed by atoms with Crippen molar-refractivity contribution < 1.29 is 14.7 Å². The minimum absolute atomic E-state index is 0.113. The third-order valence-corrected chi connectivity index (χ3v) is 2.71. The molecule has 1 rings (SSSR count). The van der Waals surface area contributed by atoms with Crippen LogP contribution in [0.2, 0.25) is 0 Å². The second-order valence-electron chi connectivity index (χ2n) is 3.91. The lowest BCUT2D eigenvalue weighted by atomic mass is 9.99. The van der Waals surface area contributed by atoms with Crippen LogP contribution in [0.5, 0.6) is 0 Å². The summed E-state index contributed by atoms with van der Waals surface area (Å²) < 4.78 is 0. The summed E-state index contributed by atoms with van der Waals surface area (Å²) in [5, 5.41) is 11.6. The van der Waals surface area contributed by atoms with Crippen molar-refractivity contribution in [2.24, 2.45) is 5.92 Å². The third-order valence-electron chi connectivity index (χ3n) is 2.71. The normalized spacial score (nSPS) is 13.8. The van der Waals surface area contributed by atoms with Crippen LogP contribution < -0.4 is 5.32 Å². The number of carboxylic acids is 1. The number of hydrogen-bond acceptors (Lipinski definition) is 3. The van der Waals surface area contributed by atoms with E-state index in [2.05, 4.69) is 10.3 Å². The average molecular weight is 236 g/mol. The Morgan fingerprint density at radius 2 is 2.00 bits per heavy atom. The van der Waals surface area contributed by atoms with Crippen LogP contribution in [0.15, 0.2) is 24.5 Å². The van der Waals surface area contributed by atoms with E-state index in [9.17, 15) is 9.59 Å². The number of pyridine rings is 1. The molecule has 0 aliphatic heterocycles. The van der Waals surface area contributed by atoms with Crippen molar-refractivity contribution in [3.8, 4) is 0 Å². The van der Waals surface area contributed by atoms with Gasteiger partial charge in [0.15, 0.2) is 0 Å². The highest BCUT2D eigenvalue weighted by Gasteiger charge is 2.25. The van der Waals surface area contributed by atoms with Crippen LogP contribution in [0.3, 0.4) is 0 Å². The molecule has 2 atom stereocenters. The van der Waals surface area contributed by atoms with Gasteiger partial charge in [-0.15, -0.1) is 0 Å². The molecule has 5 heteroatoms. The quantitative estimate of drug-likeness (QED) is 0.807. The topological polar surface area (TPSA) is 79.3 Å². The van der Waals surface area contributed by atoms with E-state index in [0.29, 0.717) is 12.0 Å². The Morgan fingerprint density at radius 3 is 2.47 bits per heavy atom. The van der Waals surface area contributed by atoms with Crippen LogP contribution in [0.4, 0.5) is 0 Å². The van der Waals surface area contributed by atoms with Crippen molar-refractivity contribution in [2.75, 3.05) is 0 Å². The zero-order chi connectivity index (χ0) is 12.8. The second-order valence-corrected chi connectivity index (χ2v) is 3.91. The molecule has 0 bridgehead atoms. The van der Waals surface area contributed by atoms with E-state index in [0.717, 1.165) is 0 Å². The van der Waals surface area contributed by atoms with E-state index in [4.69, 9.17) is 5.11 Å². The summed E-state index contributed by atoms with van der Waals surface area (Å²) in [6.07, 6.45) is 3.68. The zero-order valence-electron chi connectivity index (χ0n) is 9.88. The van der Waals surface area contributed by atoms with Crippen molar-refractivity contribution >= 4 is 11.9 Å². The van der Waals surface area contributed by atoms with Gasteiger partial charge in [-0.1, -0.05) is 20.3 Å². The number of amides is 1. The smallest absolute Gasteiger partial charge is 0.326 e. The zero-order valence-corrected chi connectivity index (χ0v) is 9.88. The van der Waals surface area contributed by atoms with Crippen molar-refractivity contribution in [1.82, 2.24) is 10.3 Å². The number of hydrogen-bond donors (Lipinski definition) is 2. The fraction of sp³-hybridized carbons (Fsp3) is 0.417. The molecule has 0 saturated heterocycles. The van der Waals surface area contributed by atoms with E-state index in [1.54, 1.807) is 19.1 Å². The lowest BCUT2D eigenvalue weighted by molar-refractivity contribution is -0.140. The number of nitrogens with zero attached hydrogens (tertiary/aromatic N) is 1. The number of rotatable bonds is 5. The largest absolute Gasteiger partial charge is 0.480 e. The molecule has 5 nitrogen and oxygen atoms in total. The van der Waals surface area contributed by atoms with Gasteiger partial charge in [-0.25, -0.2) is 4.79 Å². The van der Waals surface area contributed by atoms with Gasteiger partial charge in [0.2, 0.25) is 0 Å². The Balaban J connectivity index is 2.75. The molecule has 0 spiro atoms. The molecular formula is C12H16N2O3. The second kappa shape index (κ2) is 5.98. The molecular weight excluding hydrogens is 220 g/mol. The van der Waals surface area contributed by atoms with Gasteiger partial charge in [0, 0.05) is 18.0 Å². The molecule has 17 heavy (non-hydrogen) atoms. The Kier molecular flexibility index (Phi) is 4.63. The van der Waals surface area contributed by atoms with Gasteiger partial charge < -0.3 is 10.4 Å². The first-order valence-corrected chi connectivity index (χ1v) is 5.50. The van der Waals surface area contributed by atoms with E-state index in [1.165, 1.54) is 12.4 Å². The number of carboxylic acid groups (broad SMARTS) is 1. The van der Waals surface area contributed by atoms with Gasteiger partial charge in [-0.3, -0.25) is 9.78 Å². The molecule has 0 aromatic carbocycles. The molecule has 1 aromatic rings. The molecule has 92 valence electrons. The van der Waals surface area contributed by atoms with Gasteiger partial charge in [0.25, 0.3) is 5.91 Å². The number of nitrogens with one attached hydrogen (secondary N) is 1.